The van der Waals surface area contributed by atoms with Gasteiger partial charge in [0, 0.05) is 258 Å². The first-order valence-corrected chi connectivity index (χ1v) is 48.1. The van der Waals surface area contributed by atoms with E-state index < -0.39 is 0 Å². The number of amides is 3. The van der Waals surface area contributed by atoms with Gasteiger partial charge in [0.2, 0.25) is 17.7 Å². The van der Waals surface area contributed by atoms with Gasteiger partial charge in [-0.3, -0.25) is 42.8 Å². The second-order valence-corrected chi connectivity index (χ2v) is 38.4. The van der Waals surface area contributed by atoms with E-state index in [1.807, 2.05) is 80.7 Å². The van der Waals surface area contributed by atoms with Crippen molar-refractivity contribution < 1.29 is 27.6 Å². The number of nitrogens with zero attached hydrogens (tertiary/aromatic N) is 18. The van der Waals surface area contributed by atoms with Crippen molar-refractivity contribution >= 4 is 103 Å². The molecule has 0 saturated carbocycles. The van der Waals surface area contributed by atoms with Crippen molar-refractivity contribution in [1.82, 2.24) is 72.8 Å². The number of piperazine rings is 6. The van der Waals surface area contributed by atoms with Crippen LogP contribution in [0.1, 0.15) is 65.2 Å². The molecule has 9 aromatic rings. The Balaban J connectivity index is 0.000000140. The van der Waals surface area contributed by atoms with Gasteiger partial charge in [-0.2, -0.15) is 15.0 Å². The Hall–Kier alpha value is -9.63. The van der Waals surface area contributed by atoms with Crippen molar-refractivity contribution in [2.45, 2.75) is 146 Å². The molecule has 9 aliphatic heterocycles. The van der Waals surface area contributed by atoms with Gasteiger partial charge >= 0.3 is 17.1 Å². The molecular formula is C97H119F3N18O6S3. The van der Waals surface area contributed by atoms with E-state index in [-0.39, 0.29) is 94.5 Å². The van der Waals surface area contributed by atoms with Gasteiger partial charge in [0.1, 0.15) is 34.9 Å². The van der Waals surface area contributed by atoms with Gasteiger partial charge in [-0.1, -0.05) is 76.9 Å². The Morgan fingerprint density at radius 3 is 1.06 bits per heavy atom. The standard InChI is InChI=1S/2C33H41FN6O2S.C31H37FN6O2S/c1-6-28(41)38-17-23(5)39(18-22(38)4)32-27-16-21(3)29(24-8-10-25(34)11-9-24)31-30(27)40(33(42)35-32)19-26(20-43-31)37-14-12-36(7-2)13-15-37;1-6-28(41)40-22(4)17-38(18-23(40)5)32-27-16-21(3)29(24-8-10-25(34)11-9-24)31-30(27)39(33(42)35-32)19-26(20-43-31)37-14-12-36(7-2)13-15-37;1-4-26(39)36-14-16-37(17-15-36)30-25-18-21(3)27(22-6-8-23(32)9-7-22)29-28(25)38(31(40)33-30)19-24(20-41-29)35-12-10-34(5-2)11-13-35/h2*6,8-11,16,22-23,26H,1,7,12-15,17-20H2,2-5H3;4,6-9,18,24H,1,5,10-17,19-20H2,2-3H3/t2*22-,23+,26?;/m1../s1. The number of carbonyl (C=O) groups excluding carboxylic acids is 3. The molecule has 7 atom stereocenters. The van der Waals surface area contributed by atoms with Gasteiger partial charge < -0.3 is 44.1 Å². The second-order valence-electron chi connectivity index (χ2n) is 35.3. The zero-order chi connectivity index (χ0) is 89.5. The third kappa shape index (κ3) is 18.4. The average molecular weight is 1790 g/mol. The Morgan fingerprint density at radius 2 is 0.724 bits per heavy atom. The van der Waals surface area contributed by atoms with E-state index in [0.29, 0.717) is 89.4 Å². The third-order valence-electron chi connectivity index (χ3n) is 27.6. The SMILES string of the molecule is C=CC(=O)N1CCN(c2nc(=O)n3c4c(c(-c5ccc(F)cc5)c(C)cc24)SCC(N2CCN(CC)CC2)C3)CC1.C=CC(=O)N1C[C@H](C)N(c2nc(=O)n3c4c(c(-c5ccc(F)cc5)c(C)cc24)SCC(N2CCN(CC)CC2)C3)C[C@H]1C.C=CC(=O)N1[C@H](C)CN(c2nc(=O)n3c4c(c(-c5ccc(F)cc5)c(C)cc24)SCC(N2CCN(CC)CC2)C3)C[C@@H]1C. The molecule has 6 saturated heterocycles. The van der Waals surface area contributed by atoms with Gasteiger partial charge in [0.25, 0.3) is 0 Å². The Morgan fingerprint density at radius 1 is 0.394 bits per heavy atom. The minimum Gasteiger partial charge on any atom is -0.352 e. The summed E-state index contributed by atoms with van der Waals surface area (Å²) in [5.41, 5.74) is 11.1. The summed E-state index contributed by atoms with van der Waals surface area (Å²) in [6.07, 6.45) is 4.09. The lowest BCUT2D eigenvalue weighted by atomic mass is 9.97. The molecule has 18 rings (SSSR count). The number of hydrogen-bond acceptors (Lipinski definition) is 21. The summed E-state index contributed by atoms with van der Waals surface area (Å²) in [6, 6.07) is 26.8. The molecule has 30 heteroatoms. The molecule has 6 fully saturated rings. The quantitative estimate of drug-likeness (QED) is 0.0878. The number of carbonyl (C=O) groups is 3. The molecule has 3 unspecified atom stereocenters. The first kappa shape index (κ1) is 90.7. The van der Waals surface area contributed by atoms with Gasteiger partial charge in [0.05, 0.1) is 16.6 Å². The Kier molecular flexibility index (Phi) is 27.8. The number of hydrogen-bond donors (Lipinski definition) is 0. The normalized spacial score (nSPS) is 22.4. The van der Waals surface area contributed by atoms with Crippen LogP contribution in [-0.2, 0) is 34.0 Å². The Bertz CT molecular complexity index is 5830. The maximum atomic E-state index is 14.0. The van der Waals surface area contributed by atoms with Gasteiger partial charge in [-0.15, -0.1) is 35.3 Å². The first-order valence-electron chi connectivity index (χ1n) is 45.1. The lowest BCUT2D eigenvalue weighted by molar-refractivity contribution is -0.131. The van der Waals surface area contributed by atoms with Gasteiger partial charge in [-0.05, 0) is 174 Å². The summed E-state index contributed by atoms with van der Waals surface area (Å²) in [5.74, 6) is 3.54. The van der Waals surface area contributed by atoms with Crippen molar-refractivity contribution in [2.24, 2.45) is 0 Å². The summed E-state index contributed by atoms with van der Waals surface area (Å²) in [4.78, 5) is 124. The van der Waals surface area contributed by atoms with E-state index in [0.717, 1.165) is 213 Å². The van der Waals surface area contributed by atoms with Crippen LogP contribution in [-0.4, -0.2) is 301 Å². The predicted octanol–water partition coefficient (Wildman–Crippen LogP) is 11.9. The first-order chi connectivity index (χ1) is 61.3. The predicted molar refractivity (Wildman–Crippen MR) is 508 cm³/mol. The second kappa shape index (κ2) is 39.0. The zero-order valence-corrected chi connectivity index (χ0v) is 77.4. The fraction of sp³-hybridized carbons (Fsp3) is 0.474. The van der Waals surface area contributed by atoms with Crippen LogP contribution >= 0.6 is 35.3 Å². The molecule has 127 heavy (non-hydrogen) atoms. The maximum Gasteiger partial charge on any atom is 0.350 e. The maximum absolute atomic E-state index is 14.0. The minimum atomic E-state index is -0.271. The molecule has 0 bridgehead atoms. The van der Waals surface area contributed by atoms with E-state index in [1.165, 1.54) is 54.6 Å². The summed E-state index contributed by atoms with van der Waals surface area (Å²) in [7, 11) is 0. The largest absolute Gasteiger partial charge is 0.352 e. The molecule has 3 aromatic heterocycles. The molecule has 9 aliphatic rings. The van der Waals surface area contributed by atoms with Crippen LogP contribution in [0.4, 0.5) is 30.6 Å². The van der Waals surface area contributed by atoms with Crippen LogP contribution in [0.25, 0.3) is 66.1 Å². The molecule has 0 radical (unpaired) electrons. The molecule has 672 valence electrons. The van der Waals surface area contributed by atoms with Crippen LogP contribution in [0.2, 0.25) is 0 Å². The van der Waals surface area contributed by atoms with Crippen LogP contribution in [0.3, 0.4) is 0 Å². The number of halogens is 3. The van der Waals surface area contributed by atoms with E-state index in [4.69, 9.17) is 9.97 Å². The van der Waals surface area contributed by atoms with Crippen molar-refractivity contribution in [3.05, 3.63) is 195 Å². The molecule has 3 amide bonds. The van der Waals surface area contributed by atoms with Crippen molar-refractivity contribution in [2.75, 3.05) is 182 Å². The van der Waals surface area contributed by atoms with Crippen LogP contribution in [0.15, 0.2) is 158 Å². The molecule has 12 heterocycles. The van der Waals surface area contributed by atoms with E-state index in [9.17, 15) is 41.9 Å². The highest BCUT2D eigenvalue weighted by molar-refractivity contribution is 8.00. The highest BCUT2D eigenvalue weighted by Gasteiger charge is 2.41. The fourth-order valence-corrected chi connectivity index (χ4v) is 25.0. The minimum absolute atomic E-state index is 0.0352. The summed E-state index contributed by atoms with van der Waals surface area (Å²) >= 11 is 5.41. The van der Waals surface area contributed by atoms with Gasteiger partial charge in [0.15, 0.2) is 0 Å². The summed E-state index contributed by atoms with van der Waals surface area (Å²) in [6.45, 7) is 53.5. The molecule has 24 nitrogen and oxygen atoms in total. The molecule has 6 aromatic carbocycles. The van der Waals surface area contributed by atoms with Gasteiger partial charge in [-0.25, -0.2) is 27.6 Å². The number of aryl methyl sites for hydroxylation is 3. The molecular weight excluding hydrogens is 1670 g/mol. The highest BCUT2D eigenvalue weighted by Crippen LogP contribution is 2.49. The van der Waals surface area contributed by atoms with Crippen molar-refractivity contribution in [3.8, 4) is 33.4 Å². The zero-order valence-electron chi connectivity index (χ0n) is 74.9. The van der Waals surface area contributed by atoms with E-state index in [1.54, 1.807) is 40.2 Å². The third-order valence-corrected chi connectivity index (χ3v) is 31.3. The number of thioether (sulfide) groups is 3. The van der Waals surface area contributed by atoms with Crippen LogP contribution in [0.5, 0.6) is 0 Å². The fourth-order valence-electron chi connectivity index (χ4n) is 20.6. The smallest absolute Gasteiger partial charge is 0.350 e. The number of anilines is 3. The monoisotopic (exact) mass is 1780 g/mol. The van der Waals surface area contributed by atoms with E-state index in [2.05, 4.69) is 135 Å². The number of likely N-dealkylation sites (N-methyl/N-ethyl adjacent to an activating group) is 3. The number of aromatic nitrogens is 6. The lowest BCUT2D eigenvalue weighted by Gasteiger charge is -2.44. The van der Waals surface area contributed by atoms with Crippen molar-refractivity contribution in [1.29, 1.82) is 0 Å². The Labute approximate surface area is 755 Å². The van der Waals surface area contributed by atoms with Crippen LogP contribution in [0, 0.1) is 38.2 Å². The number of benzene rings is 6. The van der Waals surface area contributed by atoms with E-state index >= 15 is 0 Å². The molecule has 0 spiro atoms. The molecule has 0 aliphatic carbocycles. The highest BCUT2D eigenvalue weighted by atomic mass is 32.2. The lowest BCUT2D eigenvalue weighted by Crippen LogP contribution is -2.58. The summed E-state index contributed by atoms with van der Waals surface area (Å²) < 4.78 is 47.5. The molecule has 0 N–H and O–H groups in total. The topological polar surface area (TPSA) is 195 Å². The number of rotatable bonds is 15. The van der Waals surface area contributed by atoms with Crippen LogP contribution < -0.4 is 31.8 Å². The van der Waals surface area contributed by atoms with Crippen molar-refractivity contribution in [3.63, 3.8) is 0 Å². The summed E-state index contributed by atoms with van der Waals surface area (Å²) in [5, 5.41) is 2.85. The average Bonchev–Trinajstić information content (AvgIpc) is 1.73.